The minimum atomic E-state index is -0.164. The summed E-state index contributed by atoms with van der Waals surface area (Å²) in [5, 5.41) is 4.08. The predicted octanol–water partition coefficient (Wildman–Crippen LogP) is 5.20. The van der Waals surface area contributed by atoms with Crippen LogP contribution in [-0.2, 0) is 0 Å². The highest BCUT2D eigenvalue weighted by atomic mass is 16.1. The van der Waals surface area contributed by atoms with Gasteiger partial charge in [-0.15, -0.1) is 0 Å². The Morgan fingerprint density at radius 2 is 1.74 bits per heavy atom. The van der Waals surface area contributed by atoms with Crippen molar-refractivity contribution in [3.63, 3.8) is 0 Å². The quantitative estimate of drug-likeness (QED) is 0.452. The van der Waals surface area contributed by atoms with Gasteiger partial charge in [0.15, 0.2) is 0 Å². The van der Waals surface area contributed by atoms with Crippen molar-refractivity contribution in [3.8, 4) is 0 Å². The summed E-state index contributed by atoms with van der Waals surface area (Å²) in [7, 11) is 0. The van der Waals surface area contributed by atoms with Crippen molar-refractivity contribution < 1.29 is 0 Å². The first-order valence-electron chi connectivity index (χ1n) is 11.3. The Bertz CT molecular complexity index is 1450. The molecule has 0 saturated heterocycles. The van der Waals surface area contributed by atoms with Crippen molar-refractivity contribution in [2.45, 2.75) is 26.8 Å². The fourth-order valence-electron chi connectivity index (χ4n) is 3.99. The average Bonchev–Trinajstić information content (AvgIpc) is 2.85. The Hall–Kier alpha value is -4.26. The van der Waals surface area contributed by atoms with E-state index in [2.05, 4.69) is 44.5 Å². The first-order valence-corrected chi connectivity index (χ1v) is 11.3. The van der Waals surface area contributed by atoms with Crippen LogP contribution in [0.25, 0.3) is 11.0 Å². The molecule has 0 amide bonds. The smallest absolute Gasteiger partial charge is 0.252 e. The number of nitrogens with zero attached hydrogens (tertiary/aromatic N) is 5. The molecule has 1 N–H and O–H groups in total. The highest BCUT2D eigenvalue weighted by Gasteiger charge is 2.15. The summed E-state index contributed by atoms with van der Waals surface area (Å²) in [6.45, 7) is 6.67. The number of allylic oxidation sites excluding steroid dienone is 1. The molecule has 0 bridgehead atoms. The predicted molar refractivity (Wildman–Crippen MR) is 138 cm³/mol. The Kier molecular flexibility index (Phi) is 5.67. The third-order valence-corrected chi connectivity index (χ3v) is 6.04. The Labute approximate surface area is 198 Å². The maximum absolute atomic E-state index is 12.9. The maximum atomic E-state index is 12.9. The number of aromatic nitrogens is 3. The third-order valence-electron chi connectivity index (χ3n) is 6.04. The summed E-state index contributed by atoms with van der Waals surface area (Å²) in [5.74, 6) is 0.439. The highest BCUT2D eigenvalue weighted by Crippen LogP contribution is 2.24. The number of hydrogen-bond acceptors (Lipinski definition) is 6. The summed E-state index contributed by atoms with van der Waals surface area (Å²) in [6, 6.07) is 19.4. The van der Waals surface area contributed by atoms with Gasteiger partial charge >= 0.3 is 0 Å². The average molecular weight is 451 g/mol. The molecule has 7 nitrogen and oxygen atoms in total. The standard InChI is InChI=1S/C27H26N6O/c1-18-4-6-21(7-5-18)20(3)33-25(34)13-8-22-16-28-27(31-26(22)33)30-23-9-11-24(12-10-23)32-15-14-19(2)29-17-32/h4-16,20H,17H2,1-3H3,(H,28,30,31). The summed E-state index contributed by atoms with van der Waals surface area (Å²) < 4.78 is 1.72. The Balaban J connectivity index is 1.44. The van der Waals surface area contributed by atoms with Crippen LogP contribution in [-0.4, -0.2) is 26.9 Å². The molecule has 3 heterocycles. The van der Waals surface area contributed by atoms with Crippen LogP contribution in [0.5, 0.6) is 0 Å². The molecule has 2 aromatic carbocycles. The summed E-state index contributed by atoms with van der Waals surface area (Å²) in [4.78, 5) is 28.6. The molecule has 0 aliphatic carbocycles. The first-order chi connectivity index (χ1) is 16.5. The maximum Gasteiger partial charge on any atom is 0.252 e. The van der Waals surface area contributed by atoms with Gasteiger partial charge in [-0.2, -0.15) is 4.98 Å². The molecule has 1 atom stereocenters. The zero-order valence-corrected chi connectivity index (χ0v) is 19.4. The SMILES string of the molecule is CC1=NCN(c2ccc(Nc3ncc4ccc(=O)n(C(C)c5ccc(C)cc5)c4n3)cc2)C=C1. The fraction of sp³-hybridized carbons (Fsp3) is 0.185. The lowest BCUT2D eigenvalue weighted by molar-refractivity contribution is 0.632. The van der Waals surface area contributed by atoms with Gasteiger partial charge in [0.05, 0.1) is 6.04 Å². The molecule has 4 aromatic rings. The van der Waals surface area contributed by atoms with Crippen molar-refractivity contribution in [1.29, 1.82) is 0 Å². The normalized spacial score (nSPS) is 14.2. The summed E-state index contributed by atoms with van der Waals surface area (Å²) >= 11 is 0. The molecule has 1 aliphatic heterocycles. The third kappa shape index (κ3) is 4.32. The topological polar surface area (TPSA) is 75.4 Å². The van der Waals surface area contributed by atoms with E-state index in [4.69, 9.17) is 4.98 Å². The van der Waals surface area contributed by atoms with Crippen LogP contribution >= 0.6 is 0 Å². The number of anilines is 3. The van der Waals surface area contributed by atoms with Crippen LogP contribution in [0.15, 0.2) is 88.9 Å². The minimum Gasteiger partial charge on any atom is -0.328 e. The van der Waals surface area contributed by atoms with Gasteiger partial charge in [0.25, 0.3) is 5.56 Å². The zero-order valence-electron chi connectivity index (χ0n) is 19.4. The van der Waals surface area contributed by atoms with E-state index in [9.17, 15) is 4.79 Å². The number of nitrogens with one attached hydrogen (secondary N) is 1. The minimum absolute atomic E-state index is 0.0953. The zero-order chi connectivity index (χ0) is 23.7. The van der Waals surface area contributed by atoms with Gasteiger partial charge in [-0.05, 0) is 62.7 Å². The Morgan fingerprint density at radius 3 is 2.44 bits per heavy atom. The van der Waals surface area contributed by atoms with Crippen LogP contribution in [0.2, 0.25) is 0 Å². The van der Waals surface area contributed by atoms with E-state index >= 15 is 0 Å². The highest BCUT2D eigenvalue weighted by molar-refractivity contribution is 5.94. The molecule has 1 aliphatic rings. The Morgan fingerprint density at radius 1 is 0.971 bits per heavy atom. The molecule has 34 heavy (non-hydrogen) atoms. The van der Waals surface area contributed by atoms with Crippen LogP contribution in [0, 0.1) is 6.92 Å². The van der Waals surface area contributed by atoms with Gasteiger partial charge in [0.1, 0.15) is 12.3 Å². The molecular weight excluding hydrogens is 424 g/mol. The molecule has 2 aromatic heterocycles. The second-order valence-electron chi connectivity index (χ2n) is 8.50. The number of aryl methyl sites for hydroxylation is 1. The van der Waals surface area contributed by atoms with Crippen molar-refractivity contribution in [3.05, 3.63) is 101 Å². The fourth-order valence-corrected chi connectivity index (χ4v) is 3.99. The molecule has 0 saturated carbocycles. The molecule has 0 spiro atoms. The molecule has 170 valence electrons. The monoisotopic (exact) mass is 450 g/mol. The number of fused-ring (bicyclic) bond motifs is 1. The van der Waals surface area contributed by atoms with Crippen molar-refractivity contribution >= 4 is 34.1 Å². The van der Waals surface area contributed by atoms with Gasteiger partial charge < -0.3 is 10.2 Å². The van der Waals surface area contributed by atoms with Gasteiger partial charge in [-0.1, -0.05) is 29.8 Å². The molecule has 0 radical (unpaired) electrons. The lowest BCUT2D eigenvalue weighted by atomic mass is 10.1. The van der Waals surface area contributed by atoms with Gasteiger partial charge in [-0.3, -0.25) is 14.4 Å². The number of benzene rings is 2. The van der Waals surface area contributed by atoms with E-state index in [0.717, 1.165) is 28.0 Å². The molecular formula is C27H26N6O. The first kappa shape index (κ1) is 21.6. The van der Waals surface area contributed by atoms with E-state index in [-0.39, 0.29) is 11.6 Å². The largest absolute Gasteiger partial charge is 0.328 e. The van der Waals surface area contributed by atoms with Gasteiger partial charge in [-0.25, -0.2) is 4.98 Å². The van der Waals surface area contributed by atoms with E-state index in [1.165, 1.54) is 5.56 Å². The summed E-state index contributed by atoms with van der Waals surface area (Å²) in [6.07, 6.45) is 5.77. The van der Waals surface area contributed by atoms with Gasteiger partial charge in [0, 0.05) is 40.9 Å². The van der Waals surface area contributed by atoms with E-state index in [0.29, 0.717) is 18.3 Å². The second-order valence-corrected chi connectivity index (χ2v) is 8.50. The van der Waals surface area contributed by atoms with Crippen LogP contribution in [0.1, 0.15) is 31.0 Å². The number of rotatable bonds is 5. The lowest BCUT2D eigenvalue weighted by Gasteiger charge is -2.21. The van der Waals surface area contributed by atoms with E-state index in [1.54, 1.807) is 22.9 Å². The molecule has 5 rings (SSSR count). The lowest BCUT2D eigenvalue weighted by Crippen LogP contribution is -2.24. The van der Waals surface area contributed by atoms with Crippen LogP contribution < -0.4 is 15.8 Å². The van der Waals surface area contributed by atoms with E-state index in [1.807, 2.05) is 57.3 Å². The molecule has 1 unspecified atom stereocenters. The van der Waals surface area contributed by atoms with Crippen LogP contribution in [0.4, 0.5) is 17.3 Å². The number of hydrogen-bond donors (Lipinski definition) is 1. The number of aliphatic imine (C=N–C) groups is 1. The van der Waals surface area contributed by atoms with Crippen LogP contribution in [0.3, 0.4) is 0 Å². The van der Waals surface area contributed by atoms with Crippen molar-refractivity contribution in [2.75, 3.05) is 16.9 Å². The number of pyridine rings is 1. The van der Waals surface area contributed by atoms with E-state index < -0.39 is 0 Å². The van der Waals surface area contributed by atoms with Crippen molar-refractivity contribution in [1.82, 2.24) is 14.5 Å². The summed E-state index contributed by atoms with van der Waals surface area (Å²) in [5.41, 5.74) is 5.68. The molecule has 0 fully saturated rings. The van der Waals surface area contributed by atoms with Gasteiger partial charge in [0.2, 0.25) is 5.95 Å². The molecule has 7 heteroatoms. The van der Waals surface area contributed by atoms with Crippen molar-refractivity contribution in [2.24, 2.45) is 4.99 Å². The second kappa shape index (κ2) is 8.94.